The van der Waals surface area contributed by atoms with Gasteiger partial charge in [0.25, 0.3) is 0 Å². The first-order chi connectivity index (χ1) is 10.2. The summed E-state index contributed by atoms with van der Waals surface area (Å²) in [6, 6.07) is 21.9. The number of rotatable bonds is 1. The van der Waals surface area contributed by atoms with Crippen LogP contribution < -0.4 is 0 Å². The third kappa shape index (κ3) is 2.04. The third-order valence-corrected chi connectivity index (χ3v) is 5.02. The second-order valence-electron chi connectivity index (χ2n) is 5.67. The quantitative estimate of drug-likeness (QED) is 0.500. The van der Waals surface area contributed by atoms with Crippen LogP contribution in [-0.4, -0.2) is 0 Å². The van der Waals surface area contributed by atoms with E-state index in [-0.39, 0.29) is 0 Å². The second-order valence-corrected chi connectivity index (χ2v) is 6.53. The zero-order chi connectivity index (χ0) is 14.4. The lowest BCUT2D eigenvalue weighted by Crippen LogP contribution is -1.99. The van der Waals surface area contributed by atoms with Gasteiger partial charge in [-0.25, -0.2) is 0 Å². The van der Waals surface area contributed by atoms with E-state index >= 15 is 0 Å². The van der Waals surface area contributed by atoms with E-state index in [2.05, 4.69) is 89.6 Å². The van der Waals surface area contributed by atoms with Crippen molar-refractivity contribution in [3.05, 3.63) is 87.4 Å². The minimum atomic E-state index is 0.377. The molecule has 4 rings (SSSR count). The van der Waals surface area contributed by atoms with E-state index < -0.39 is 0 Å². The predicted octanol–water partition coefficient (Wildman–Crippen LogP) is 6.15. The SMILES string of the molecule is CC1=Cc2c(Br)cccc2C1c1ccc2ccccc2c1. The zero-order valence-electron chi connectivity index (χ0n) is 11.8. The van der Waals surface area contributed by atoms with Gasteiger partial charge in [-0.05, 0) is 40.5 Å². The van der Waals surface area contributed by atoms with Gasteiger partial charge in [-0.3, -0.25) is 0 Å². The number of allylic oxidation sites excluding steroid dienone is 1. The van der Waals surface area contributed by atoms with Crippen LogP contribution in [0.25, 0.3) is 16.8 Å². The first-order valence-electron chi connectivity index (χ1n) is 7.19. The Morgan fingerprint density at radius 3 is 2.52 bits per heavy atom. The smallest absolute Gasteiger partial charge is 0.0306 e. The van der Waals surface area contributed by atoms with E-state index in [0.717, 1.165) is 0 Å². The molecule has 0 amide bonds. The molecule has 0 aromatic heterocycles. The number of benzene rings is 3. The minimum Gasteiger partial charge on any atom is -0.0616 e. The van der Waals surface area contributed by atoms with E-state index in [9.17, 15) is 0 Å². The first-order valence-corrected chi connectivity index (χ1v) is 7.98. The summed E-state index contributed by atoms with van der Waals surface area (Å²) in [4.78, 5) is 0. The van der Waals surface area contributed by atoms with Crippen molar-refractivity contribution in [3.8, 4) is 0 Å². The van der Waals surface area contributed by atoms with Gasteiger partial charge in [-0.2, -0.15) is 0 Å². The molecule has 0 spiro atoms. The van der Waals surface area contributed by atoms with Crippen LogP contribution in [-0.2, 0) is 0 Å². The molecule has 1 heteroatoms. The Morgan fingerprint density at radius 1 is 0.857 bits per heavy atom. The number of hydrogen-bond acceptors (Lipinski definition) is 0. The highest BCUT2D eigenvalue weighted by molar-refractivity contribution is 9.10. The molecule has 1 unspecified atom stereocenters. The maximum atomic E-state index is 3.67. The van der Waals surface area contributed by atoms with Gasteiger partial charge in [0.05, 0.1) is 0 Å². The Morgan fingerprint density at radius 2 is 1.67 bits per heavy atom. The lowest BCUT2D eigenvalue weighted by molar-refractivity contribution is 0.979. The number of halogens is 1. The molecule has 0 fully saturated rings. The average Bonchev–Trinajstić information content (AvgIpc) is 2.84. The molecule has 102 valence electrons. The summed E-state index contributed by atoms with van der Waals surface area (Å²) in [6.45, 7) is 2.23. The Hall–Kier alpha value is -1.86. The molecule has 0 saturated carbocycles. The summed E-state index contributed by atoms with van der Waals surface area (Å²) in [5.41, 5.74) is 5.51. The Labute approximate surface area is 133 Å². The Kier molecular flexibility index (Phi) is 2.97. The fourth-order valence-corrected chi connectivity index (χ4v) is 3.84. The molecule has 0 nitrogen and oxygen atoms in total. The van der Waals surface area contributed by atoms with Gasteiger partial charge in [-0.1, -0.05) is 82.2 Å². The molecule has 3 aromatic rings. The van der Waals surface area contributed by atoms with Crippen molar-refractivity contribution in [1.82, 2.24) is 0 Å². The Bertz CT molecular complexity index is 874. The van der Waals surface area contributed by atoms with Crippen molar-refractivity contribution in [2.24, 2.45) is 0 Å². The van der Waals surface area contributed by atoms with Crippen molar-refractivity contribution in [3.63, 3.8) is 0 Å². The standard InChI is InChI=1S/C20H15Br/c1-13-11-18-17(7-4-8-19(18)21)20(13)16-10-9-14-5-2-3-6-15(14)12-16/h2-12,20H,1H3. The molecule has 0 saturated heterocycles. The topological polar surface area (TPSA) is 0 Å². The van der Waals surface area contributed by atoms with Gasteiger partial charge in [0.1, 0.15) is 0 Å². The lowest BCUT2D eigenvalue weighted by atomic mass is 9.88. The summed E-state index contributed by atoms with van der Waals surface area (Å²) >= 11 is 3.67. The van der Waals surface area contributed by atoms with E-state index in [4.69, 9.17) is 0 Å². The number of fused-ring (bicyclic) bond motifs is 2. The van der Waals surface area contributed by atoms with E-state index in [1.165, 1.54) is 37.5 Å². The van der Waals surface area contributed by atoms with Crippen LogP contribution in [0.1, 0.15) is 29.5 Å². The van der Waals surface area contributed by atoms with E-state index in [1.807, 2.05) is 0 Å². The van der Waals surface area contributed by atoms with Crippen LogP contribution in [0, 0.1) is 0 Å². The summed E-state index contributed by atoms with van der Waals surface area (Å²) < 4.78 is 1.18. The molecule has 1 atom stereocenters. The van der Waals surface area contributed by atoms with Crippen molar-refractivity contribution in [2.75, 3.05) is 0 Å². The summed E-state index contributed by atoms with van der Waals surface area (Å²) in [7, 11) is 0. The molecule has 0 radical (unpaired) electrons. The molecule has 1 aliphatic rings. The van der Waals surface area contributed by atoms with Crippen molar-refractivity contribution >= 4 is 32.8 Å². The summed E-state index contributed by atoms with van der Waals surface area (Å²) in [5.74, 6) is 0.377. The number of hydrogen-bond donors (Lipinski definition) is 0. The molecule has 0 heterocycles. The maximum absolute atomic E-state index is 3.67. The fourth-order valence-electron chi connectivity index (χ4n) is 3.34. The third-order valence-electron chi connectivity index (χ3n) is 4.33. The fraction of sp³-hybridized carbons (Fsp3) is 0.100. The van der Waals surface area contributed by atoms with E-state index in [1.54, 1.807) is 0 Å². The highest BCUT2D eigenvalue weighted by Gasteiger charge is 2.25. The molecule has 1 aliphatic carbocycles. The molecular formula is C20H15Br. The lowest BCUT2D eigenvalue weighted by Gasteiger charge is -2.16. The largest absolute Gasteiger partial charge is 0.0616 e. The zero-order valence-corrected chi connectivity index (χ0v) is 13.4. The van der Waals surface area contributed by atoms with Crippen molar-refractivity contribution in [1.29, 1.82) is 0 Å². The summed E-state index contributed by atoms with van der Waals surface area (Å²) in [6.07, 6.45) is 2.30. The van der Waals surface area contributed by atoms with Crippen LogP contribution in [0.5, 0.6) is 0 Å². The predicted molar refractivity (Wildman–Crippen MR) is 93.6 cm³/mol. The molecule has 0 aliphatic heterocycles. The van der Waals surface area contributed by atoms with Crippen LogP contribution in [0.3, 0.4) is 0 Å². The molecular weight excluding hydrogens is 320 g/mol. The van der Waals surface area contributed by atoms with Gasteiger partial charge in [-0.15, -0.1) is 0 Å². The average molecular weight is 335 g/mol. The first kappa shape index (κ1) is 12.8. The Balaban J connectivity index is 1.90. The minimum absolute atomic E-state index is 0.377. The van der Waals surface area contributed by atoms with Crippen LogP contribution >= 0.6 is 15.9 Å². The maximum Gasteiger partial charge on any atom is 0.0306 e. The van der Waals surface area contributed by atoms with Gasteiger partial charge in [0.2, 0.25) is 0 Å². The van der Waals surface area contributed by atoms with Gasteiger partial charge >= 0.3 is 0 Å². The van der Waals surface area contributed by atoms with Crippen LogP contribution in [0.4, 0.5) is 0 Å². The van der Waals surface area contributed by atoms with Crippen LogP contribution in [0.15, 0.2) is 70.7 Å². The van der Waals surface area contributed by atoms with Crippen molar-refractivity contribution < 1.29 is 0 Å². The van der Waals surface area contributed by atoms with Gasteiger partial charge in [0.15, 0.2) is 0 Å². The molecule has 0 bridgehead atoms. The highest BCUT2D eigenvalue weighted by Crippen LogP contribution is 2.43. The van der Waals surface area contributed by atoms with Gasteiger partial charge in [0, 0.05) is 10.4 Å². The van der Waals surface area contributed by atoms with Gasteiger partial charge < -0.3 is 0 Å². The molecule has 3 aromatic carbocycles. The highest BCUT2D eigenvalue weighted by atomic mass is 79.9. The molecule has 0 N–H and O–H groups in total. The monoisotopic (exact) mass is 334 g/mol. The van der Waals surface area contributed by atoms with Crippen molar-refractivity contribution in [2.45, 2.75) is 12.8 Å². The van der Waals surface area contributed by atoms with Crippen LogP contribution in [0.2, 0.25) is 0 Å². The second kappa shape index (κ2) is 4.85. The summed E-state index contributed by atoms with van der Waals surface area (Å²) in [5, 5.41) is 2.61. The normalized spacial score (nSPS) is 16.9. The van der Waals surface area contributed by atoms with E-state index in [0.29, 0.717) is 5.92 Å². The molecule has 21 heavy (non-hydrogen) atoms.